The third-order valence-corrected chi connectivity index (χ3v) is 3.08. The van der Waals surface area contributed by atoms with Gasteiger partial charge in [0, 0.05) is 0 Å². The van der Waals surface area contributed by atoms with E-state index in [2.05, 4.69) is 0 Å². The van der Waals surface area contributed by atoms with Crippen molar-refractivity contribution in [2.45, 2.75) is 11.8 Å². The molecule has 0 spiro atoms. The Balaban J connectivity index is 2.23. The second-order valence-electron chi connectivity index (χ2n) is 4.10. The van der Waals surface area contributed by atoms with Crippen molar-refractivity contribution in [1.29, 1.82) is 0 Å². The molecule has 0 aliphatic rings. The van der Waals surface area contributed by atoms with E-state index in [-0.39, 0.29) is 12.0 Å². The van der Waals surface area contributed by atoms with E-state index >= 15 is 0 Å². The molecule has 0 bridgehead atoms. The summed E-state index contributed by atoms with van der Waals surface area (Å²) in [6.07, 6.45) is 0.184. The van der Waals surface area contributed by atoms with Crippen molar-refractivity contribution in [2.75, 3.05) is 0 Å². The van der Waals surface area contributed by atoms with Gasteiger partial charge in [-0.15, -0.1) is 11.6 Å². The highest BCUT2D eigenvalue weighted by Gasteiger charge is 2.16. The van der Waals surface area contributed by atoms with Crippen LogP contribution in [0.4, 0.5) is 17.6 Å². The number of rotatable bonds is 3. The number of hydrogen-bond acceptors (Lipinski definition) is 0. The predicted molar refractivity (Wildman–Crippen MR) is 65.0 cm³/mol. The summed E-state index contributed by atoms with van der Waals surface area (Å²) in [7, 11) is 0. The Kier molecular flexibility index (Phi) is 4.10. The molecule has 0 aromatic heterocycles. The van der Waals surface area contributed by atoms with Gasteiger partial charge in [-0.25, -0.2) is 17.6 Å². The predicted octanol–water partition coefficient (Wildman–Crippen LogP) is 4.77. The third kappa shape index (κ3) is 3.26. The van der Waals surface area contributed by atoms with Gasteiger partial charge < -0.3 is 0 Å². The van der Waals surface area contributed by atoms with Crippen molar-refractivity contribution in [3.8, 4) is 0 Å². The van der Waals surface area contributed by atoms with Gasteiger partial charge in [-0.3, -0.25) is 0 Å². The number of halogens is 5. The summed E-state index contributed by atoms with van der Waals surface area (Å²) in [6, 6.07) is 7.41. The highest BCUT2D eigenvalue weighted by Crippen LogP contribution is 2.27. The fraction of sp³-hybridized carbons (Fsp3) is 0.143. The molecule has 5 heteroatoms. The van der Waals surface area contributed by atoms with Gasteiger partial charge in [0.15, 0.2) is 17.5 Å². The normalized spacial score (nSPS) is 12.5. The molecule has 0 fully saturated rings. The van der Waals surface area contributed by atoms with Crippen LogP contribution in [0.15, 0.2) is 36.4 Å². The third-order valence-electron chi connectivity index (χ3n) is 2.67. The molecule has 1 atom stereocenters. The summed E-state index contributed by atoms with van der Waals surface area (Å²) in [5.74, 6) is -4.53. The van der Waals surface area contributed by atoms with Crippen molar-refractivity contribution in [3.63, 3.8) is 0 Å². The summed E-state index contributed by atoms with van der Waals surface area (Å²) < 4.78 is 51.9. The molecule has 1 unspecified atom stereocenters. The topological polar surface area (TPSA) is 0 Å². The Morgan fingerprint density at radius 1 is 0.947 bits per heavy atom. The van der Waals surface area contributed by atoms with Crippen molar-refractivity contribution in [1.82, 2.24) is 0 Å². The van der Waals surface area contributed by atoms with E-state index in [0.29, 0.717) is 5.56 Å². The first-order valence-corrected chi connectivity index (χ1v) is 5.94. The molecule has 0 aliphatic heterocycles. The Labute approximate surface area is 112 Å². The summed E-state index contributed by atoms with van der Waals surface area (Å²) in [6.45, 7) is 0. The molecule has 0 radical (unpaired) electrons. The SMILES string of the molecule is Fc1cccc(CC(Cl)c2cc(F)c(F)c(F)c2)c1. The monoisotopic (exact) mass is 288 g/mol. The maximum Gasteiger partial charge on any atom is 0.194 e. The second-order valence-corrected chi connectivity index (χ2v) is 4.63. The largest absolute Gasteiger partial charge is 0.207 e. The minimum Gasteiger partial charge on any atom is -0.207 e. The van der Waals surface area contributed by atoms with E-state index < -0.39 is 28.6 Å². The summed E-state index contributed by atoms with van der Waals surface area (Å²) in [5.41, 5.74) is 0.701. The van der Waals surface area contributed by atoms with Gasteiger partial charge in [0.05, 0.1) is 5.38 Å². The lowest BCUT2D eigenvalue weighted by molar-refractivity contribution is 0.445. The lowest BCUT2D eigenvalue weighted by Gasteiger charge is -2.11. The van der Waals surface area contributed by atoms with Crippen LogP contribution in [-0.4, -0.2) is 0 Å². The molecule has 0 amide bonds. The van der Waals surface area contributed by atoms with Crippen LogP contribution in [0.25, 0.3) is 0 Å². The van der Waals surface area contributed by atoms with E-state index in [0.717, 1.165) is 12.1 Å². The smallest absolute Gasteiger partial charge is 0.194 e. The van der Waals surface area contributed by atoms with Gasteiger partial charge in [-0.05, 0) is 41.8 Å². The zero-order valence-corrected chi connectivity index (χ0v) is 10.4. The van der Waals surface area contributed by atoms with E-state index in [4.69, 9.17) is 11.6 Å². The minimum absolute atomic E-state index is 0.113. The first-order valence-electron chi connectivity index (χ1n) is 5.50. The number of alkyl halides is 1. The molecule has 0 aliphatic carbocycles. The summed E-state index contributed by atoms with van der Waals surface area (Å²) in [5, 5.41) is -0.772. The fourth-order valence-electron chi connectivity index (χ4n) is 1.74. The van der Waals surface area contributed by atoms with Crippen LogP contribution < -0.4 is 0 Å². The van der Waals surface area contributed by atoms with Gasteiger partial charge in [0.2, 0.25) is 0 Å². The standard InChI is InChI=1S/C14H9ClF4/c15-11(5-8-2-1-3-10(16)4-8)9-6-12(17)14(19)13(18)7-9/h1-4,6-7,11H,5H2. The molecule has 0 heterocycles. The van der Waals surface area contributed by atoms with Crippen molar-refractivity contribution in [3.05, 3.63) is 70.8 Å². The van der Waals surface area contributed by atoms with Crippen LogP contribution in [-0.2, 0) is 6.42 Å². The highest BCUT2D eigenvalue weighted by atomic mass is 35.5. The van der Waals surface area contributed by atoms with Gasteiger partial charge >= 0.3 is 0 Å². The quantitative estimate of drug-likeness (QED) is 0.434. The van der Waals surface area contributed by atoms with Crippen LogP contribution in [0.5, 0.6) is 0 Å². The molecule has 2 rings (SSSR count). The van der Waals surface area contributed by atoms with E-state index in [1.165, 1.54) is 18.2 Å². The van der Waals surface area contributed by atoms with Crippen LogP contribution >= 0.6 is 11.6 Å². The van der Waals surface area contributed by atoms with Crippen molar-refractivity contribution < 1.29 is 17.6 Å². The molecule has 0 N–H and O–H groups in total. The van der Waals surface area contributed by atoms with Gasteiger partial charge in [-0.2, -0.15) is 0 Å². The lowest BCUT2D eigenvalue weighted by atomic mass is 10.0. The fourth-order valence-corrected chi connectivity index (χ4v) is 2.05. The van der Waals surface area contributed by atoms with Crippen LogP contribution in [0.3, 0.4) is 0 Å². The van der Waals surface area contributed by atoms with Crippen molar-refractivity contribution in [2.24, 2.45) is 0 Å². The molecule has 19 heavy (non-hydrogen) atoms. The lowest BCUT2D eigenvalue weighted by Crippen LogP contribution is -2.00. The number of hydrogen-bond donors (Lipinski definition) is 0. The van der Waals surface area contributed by atoms with Crippen LogP contribution in [0.2, 0.25) is 0 Å². The Morgan fingerprint density at radius 2 is 1.58 bits per heavy atom. The maximum absolute atomic E-state index is 13.1. The van der Waals surface area contributed by atoms with Gasteiger partial charge in [0.1, 0.15) is 5.82 Å². The minimum atomic E-state index is -1.53. The highest BCUT2D eigenvalue weighted by molar-refractivity contribution is 6.20. The van der Waals surface area contributed by atoms with E-state index in [1.54, 1.807) is 6.07 Å². The molecular formula is C14H9ClF4. The van der Waals surface area contributed by atoms with E-state index in [1.807, 2.05) is 0 Å². The average Bonchev–Trinajstić information content (AvgIpc) is 2.35. The first-order chi connectivity index (χ1) is 8.97. The Morgan fingerprint density at radius 3 is 2.16 bits per heavy atom. The van der Waals surface area contributed by atoms with E-state index in [9.17, 15) is 17.6 Å². The zero-order valence-electron chi connectivity index (χ0n) is 9.64. The molecule has 0 saturated carbocycles. The number of benzene rings is 2. The van der Waals surface area contributed by atoms with Gasteiger partial charge in [0.25, 0.3) is 0 Å². The molecule has 0 nitrogen and oxygen atoms in total. The first kappa shape index (κ1) is 13.9. The maximum atomic E-state index is 13.1. The molecule has 2 aromatic rings. The van der Waals surface area contributed by atoms with Crippen LogP contribution in [0, 0.1) is 23.3 Å². The molecule has 100 valence electrons. The summed E-state index contributed by atoms with van der Waals surface area (Å²) >= 11 is 6.01. The molecule has 0 saturated heterocycles. The van der Waals surface area contributed by atoms with Crippen molar-refractivity contribution >= 4 is 11.6 Å². The summed E-state index contributed by atoms with van der Waals surface area (Å²) in [4.78, 5) is 0. The zero-order chi connectivity index (χ0) is 14.0. The second kappa shape index (κ2) is 5.61. The molecule has 2 aromatic carbocycles. The van der Waals surface area contributed by atoms with Gasteiger partial charge in [-0.1, -0.05) is 12.1 Å². The molecular weight excluding hydrogens is 280 g/mol. The average molecular weight is 289 g/mol. The Hall–Kier alpha value is -1.55. The Bertz CT molecular complexity index is 575. The van der Waals surface area contributed by atoms with Crippen LogP contribution in [0.1, 0.15) is 16.5 Å².